The molecule has 0 radical (unpaired) electrons. The highest BCUT2D eigenvalue weighted by molar-refractivity contribution is 9.08. The predicted octanol–water partition coefficient (Wildman–Crippen LogP) is 2.15. The average molecular weight is 299 g/mol. The van der Waals surface area contributed by atoms with Crippen LogP contribution in [-0.4, -0.2) is 18.0 Å². The molecule has 88 valence electrons. The summed E-state index contributed by atoms with van der Waals surface area (Å²) < 4.78 is 4.52. The van der Waals surface area contributed by atoms with Crippen LogP contribution in [0.1, 0.15) is 21.5 Å². The molecular weight excluding hydrogens is 292 g/mol. The highest BCUT2D eigenvalue weighted by atomic mass is 79.9. The Hall–Kier alpha value is -1.94. The van der Waals surface area contributed by atoms with Gasteiger partial charge in [0.2, 0.25) is 0 Å². The van der Waals surface area contributed by atoms with Gasteiger partial charge in [-0.2, -0.15) is 5.26 Å². The number of nitriles is 1. The summed E-state index contributed by atoms with van der Waals surface area (Å²) in [5.41, 5.74) is 0.170. The molecule has 1 aromatic carbocycles. The lowest BCUT2D eigenvalue weighted by molar-refractivity contribution is -0.384. The lowest BCUT2D eigenvalue weighted by atomic mass is 10.0. The van der Waals surface area contributed by atoms with Crippen LogP contribution >= 0.6 is 15.9 Å². The van der Waals surface area contributed by atoms with Gasteiger partial charge in [0.15, 0.2) is 0 Å². The largest absolute Gasteiger partial charge is 0.465 e. The van der Waals surface area contributed by atoms with E-state index in [2.05, 4.69) is 20.7 Å². The molecule has 0 amide bonds. The highest BCUT2D eigenvalue weighted by Gasteiger charge is 2.20. The lowest BCUT2D eigenvalue weighted by Gasteiger charge is -2.07. The van der Waals surface area contributed by atoms with Crippen LogP contribution in [0.15, 0.2) is 12.1 Å². The van der Waals surface area contributed by atoms with Gasteiger partial charge in [0, 0.05) is 17.5 Å². The van der Waals surface area contributed by atoms with Gasteiger partial charge in [-0.05, 0) is 5.56 Å². The predicted molar refractivity (Wildman–Crippen MR) is 61.8 cm³/mol. The summed E-state index contributed by atoms with van der Waals surface area (Å²) in [6.07, 6.45) is 0. The fraction of sp³-hybridized carbons (Fsp3) is 0.200. The normalized spacial score (nSPS) is 9.47. The summed E-state index contributed by atoms with van der Waals surface area (Å²) >= 11 is 3.13. The third-order valence-electron chi connectivity index (χ3n) is 2.10. The van der Waals surface area contributed by atoms with Crippen molar-refractivity contribution in [2.45, 2.75) is 5.33 Å². The minimum atomic E-state index is -0.709. The molecule has 0 fully saturated rings. The van der Waals surface area contributed by atoms with Gasteiger partial charge in [0.1, 0.15) is 0 Å². The Morgan fingerprint density at radius 3 is 2.71 bits per heavy atom. The first-order valence-electron chi connectivity index (χ1n) is 4.40. The number of carbonyl (C=O) groups is 1. The Morgan fingerprint density at radius 1 is 1.65 bits per heavy atom. The second-order valence-corrected chi connectivity index (χ2v) is 3.57. The number of rotatable bonds is 3. The molecule has 0 aliphatic carbocycles. The number of hydrogen-bond donors (Lipinski definition) is 0. The van der Waals surface area contributed by atoms with Crippen molar-refractivity contribution in [1.29, 1.82) is 5.26 Å². The standard InChI is InChI=1S/C10H7BrN2O4/c1-17-10(14)8-3-7(13(15)16)2-6(5-12)9(8)4-11/h2-3H,4H2,1H3. The molecular formula is C10H7BrN2O4. The van der Waals surface area contributed by atoms with Crippen molar-refractivity contribution in [3.8, 4) is 6.07 Å². The van der Waals surface area contributed by atoms with E-state index in [-0.39, 0.29) is 22.1 Å². The smallest absolute Gasteiger partial charge is 0.338 e. The molecule has 0 bridgehead atoms. The molecule has 0 aromatic heterocycles. The Balaban J connectivity index is 3.55. The van der Waals surface area contributed by atoms with Crippen molar-refractivity contribution >= 4 is 27.6 Å². The number of benzene rings is 1. The zero-order valence-corrected chi connectivity index (χ0v) is 10.4. The summed E-state index contributed by atoms with van der Waals surface area (Å²) in [6, 6.07) is 4.05. The van der Waals surface area contributed by atoms with Gasteiger partial charge in [-0.25, -0.2) is 4.79 Å². The van der Waals surface area contributed by atoms with Gasteiger partial charge in [-0.3, -0.25) is 10.1 Å². The summed E-state index contributed by atoms with van der Waals surface area (Å²) in [4.78, 5) is 21.5. The molecule has 0 unspecified atom stereocenters. The van der Waals surface area contributed by atoms with Crippen LogP contribution in [-0.2, 0) is 10.1 Å². The number of non-ortho nitro benzene ring substituents is 1. The number of methoxy groups -OCH3 is 1. The Labute approximate surface area is 105 Å². The number of alkyl halides is 1. The maximum absolute atomic E-state index is 11.5. The summed E-state index contributed by atoms with van der Waals surface area (Å²) in [7, 11) is 1.17. The molecule has 1 rings (SSSR count). The average Bonchev–Trinajstić information content (AvgIpc) is 2.35. The van der Waals surface area contributed by atoms with Crippen molar-refractivity contribution in [1.82, 2.24) is 0 Å². The molecule has 1 aromatic rings. The van der Waals surface area contributed by atoms with Crippen LogP contribution < -0.4 is 0 Å². The van der Waals surface area contributed by atoms with E-state index >= 15 is 0 Å². The first kappa shape index (κ1) is 13.1. The zero-order valence-electron chi connectivity index (χ0n) is 8.77. The number of halogens is 1. The van der Waals surface area contributed by atoms with Gasteiger partial charge < -0.3 is 4.74 Å². The zero-order chi connectivity index (χ0) is 13.0. The van der Waals surface area contributed by atoms with Crippen molar-refractivity contribution in [2.24, 2.45) is 0 Å². The number of hydrogen-bond acceptors (Lipinski definition) is 5. The Kier molecular flexibility index (Phi) is 4.17. The van der Waals surface area contributed by atoms with Gasteiger partial charge in [-0.15, -0.1) is 0 Å². The van der Waals surface area contributed by atoms with Crippen LogP contribution in [0.25, 0.3) is 0 Å². The number of nitro benzene ring substituents is 1. The van der Waals surface area contributed by atoms with Crippen molar-refractivity contribution < 1.29 is 14.5 Å². The third kappa shape index (κ3) is 2.60. The minimum absolute atomic E-state index is 0.0233. The SMILES string of the molecule is COC(=O)c1cc([N+](=O)[O-])cc(C#N)c1CBr. The van der Waals surface area contributed by atoms with E-state index in [1.54, 1.807) is 0 Å². The van der Waals surface area contributed by atoms with E-state index in [1.807, 2.05) is 6.07 Å². The molecule has 7 heteroatoms. The van der Waals surface area contributed by atoms with Crippen LogP contribution in [0.4, 0.5) is 5.69 Å². The summed E-state index contributed by atoms with van der Waals surface area (Å²) in [5, 5.41) is 19.8. The van der Waals surface area contributed by atoms with Gasteiger partial charge in [-0.1, -0.05) is 15.9 Å². The monoisotopic (exact) mass is 298 g/mol. The molecule has 0 saturated heterocycles. The molecule has 0 atom stereocenters. The Bertz CT molecular complexity index is 522. The lowest BCUT2D eigenvalue weighted by Crippen LogP contribution is -2.07. The van der Waals surface area contributed by atoms with E-state index < -0.39 is 10.9 Å². The molecule has 17 heavy (non-hydrogen) atoms. The first-order valence-corrected chi connectivity index (χ1v) is 5.53. The number of esters is 1. The van der Waals surface area contributed by atoms with E-state index in [0.717, 1.165) is 12.1 Å². The Morgan fingerprint density at radius 2 is 2.29 bits per heavy atom. The molecule has 0 N–H and O–H groups in total. The quantitative estimate of drug-likeness (QED) is 0.369. The van der Waals surface area contributed by atoms with Crippen LogP contribution in [0.3, 0.4) is 0 Å². The summed E-state index contributed by atoms with van der Waals surface area (Å²) in [5.74, 6) is -0.709. The maximum Gasteiger partial charge on any atom is 0.338 e. The van der Waals surface area contributed by atoms with E-state index in [1.165, 1.54) is 7.11 Å². The number of nitrogens with zero attached hydrogens (tertiary/aromatic N) is 2. The fourth-order valence-electron chi connectivity index (χ4n) is 1.30. The second-order valence-electron chi connectivity index (χ2n) is 3.01. The van der Waals surface area contributed by atoms with E-state index in [4.69, 9.17) is 5.26 Å². The van der Waals surface area contributed by atoms with Crippen molar-refractivity contribution in [2.75, 3.05) is 7.11 Å². The van der Waals surface area contributed by atoms with E-state index in [0.29, 0.717) is 5.56 Å². The van der Waals surface area contributed by atoms with Gasteiger partial charge in [0.05, 0.1) is 29.2 Å². The molecule has 0 saturated carbocycles. The van der Waals surface area contributed by atoms with Gasteiger partial charge >= 0.3 is 5.97 Å². The maximum atomic E-state index is 11.5. The minimum Gasteiger partial charge on any atom is -0.465 e. The van der Waals surface area contributed by atoms with Gasteiger partial charge in [0.25, 0.3) is 5.69 Å². The molecule has 0 spiro atoms. The number of ether oxygens (including phenoxy) is 1. The number of carbonyl (C=O) groups excluding carboxylic acids is 1. The molecule has 0 aliphatic rings. The number of nitro groups is 1. The molecule has 0 aliphatic heterocycles. The summed E-state index contributed by atoms with van der Waals surface area (Å²) in [6.45, 7) is 0. The van der Waals surface area contributed by atoms with Crippen LogP contribution in [0.2, 0.25) is 0 Å². The molecule has 6 nitrogen and oxygen atoms in total. The van der Waals surface area contributed by atoms with Crippen molar-refractivity contribution in [3.05, 3.63) is 38.9 Å². The first-order chi connectivity index (χ1) is 8.04. The highest BCUT2D eigenvalue weighted by Crippen LogP contribution is 2.25. The topological polar surface area (TPSA) is 93.2 Å². The molecule has 0 heterocycles. The second kappa shape index (κ2) is 5.41. The van der Waals surface area contributed by atoms with Crippen LogP contribution in [0, 0.1) is 21.4 Å². The third-order valence-corrected chi connectivity index (χ3v) is 2.67. The van der Waals surface area contributed by atoms with Crippen LogP contribution in [0.5, 0.6) is 0 Å². The van der Waals surface area contributed by atoms with Crippen molar-refractivity contribution in [3.63, 3.8) is 0 Å². The fourth-order valence-corrected chi connectivity index (χ4v) is 1.90. The van der Waals surface area contributed by atoms with E-state index in [9.17, 15) is 14.9 Å².